The fraction of sp³-hybridized carbons (Fsp3) is 0.308. The van der Waals surface area contributed by atoms with Crippen LogP contribution in [0, 0.1) is 6.92 Å². The summed E-state index contributed by atoms with van der Waals surface area (Å²) in [5.74, 6) is 1.80. The van der Waals surface area contributed by atoms with Crippen LogP contribution in [0.5, 0.6) is 5.75 Å². The molecular formula is C13H14N2O3. The average molecular weight is 246 g/mol. The lowest BCUT2D eigenvalue weighted by Gasteiger charge is -2.04. The van der Waals surface area contributed by atoms with E-state index < -0.39 is 0 Å². The van der Waals surface area contributed by atoms with Gasteiger partial charge >= 0.3 is 0 Å². The highest BCUT2D eigenvalue weighted by molar-refractivity contribution is 5.95. The molecule has 0 saturated heterocycles. The number of aryl methyl sites for hydroxylation is 1. The zero-order valence-corrected chi connectivity index (χ0v) is 10.3. The summed E-state index contributed by atoms with van der Waals surface area (Å²) in [5.41, 5.74) is 0.695. The minimum atomic E-state index is 0.121. The van der Waals surface area contributed by atoms with Gasteiger partial charge in [-0.05, 0) is 24.3 Å². The molecule has 18 heavy (non-hydrogen) atoms. The van der Waals surface area contributed by atoms with Gasteiger partial charge in [-0.15, -0.1) is 0 Å². The highest BCUT2D eigenvalue weighted by Crippen LogP contribution is 2.14. The highest BCUT2D eigenvalue weighted by Gasteiger charge is 2.05. The van der Waals surface area contributed by atoms with Crippen LogP contribution in [-0.4, -0.2) is 15.9 Å². The van der Waals surface area contributed by atoms with Crippen LogP contribution in [0.4, 0.5) is 0 Å². The van der Waals surface area contributed by atoms with Crippen molar-refractivity contribution in [3.63, 3.8) is 0 Å². The zero-order valence-electron chi connectivity index (χ0n) is 10.3. The number of carbonyl (C=O) groups excluding carboxylic acids is 1. The monoisotopic (exact) mass is 246 g/mol. The number of rotatable bonds is 5. The van der Waals surface area contributed by atoms with Gasteiger partial charge in [0.05, 0.1) is 0 Å². The Labute approximate surface area is 105 Å². The van der Waals surface area contributed by atoms with E-state index in [0.717, 1.165) is 0 Å². The molecule has 0 radical (unpaired) electrons. The van der Waals surface area contributed by atoms with Crippen molar-refractivity contribution < 1.29 is 14.1 Å². The molecule has 0 atom stereocenters. The molecule has 2 rings (SSSR count). The van der Waals surface area contributed by atoms with E-state index in [9.17, 15) is 4.79 Å². The number of ketones is 1. The maximum absolute atomic E-state index is 11.4. The van der Waals surface area contributed by atoms with Crippen molar-refractivity contribution in [3.05, 3.63) is 41.5 Å². The standard InChI is InChI=1S/C13H14N2O3/c1-3-12(16)10-4-6-11(7-5-10)17-8-13-14-9(2)18-15-13/h4-7H,3,8H2,1-2H3. The SMILES string of the molecule is CCC(=O)c1ccc(OCc2noc(C)n2)cc1. The summed E-state index contributed by atoms with van der Waals surface area (Å²) in [5, 5.41) is 3.72. The number of nitrogens with zero attached hydrogens (tertiary/aromatic N) is 2. The van der Waals surface area contributed by atoms with Crippen LogP contribution in [0.1, 0.15) is 35.4 Å². The van der Waals surface area contributed by atoms with Crippen molar-refractivity contribution in [2.24, 2.45) is 0 Å². The minimum absolute atomic E-state index is 0.121. The Morgan fingerprint density at radius 3 is 2.61 bits per heavy atom. The summed E-state index contributed by atoms with van der Waals surface area (Å²) in [7, 11) is 0. The predicted octanol–water partition coefficient (Wildman–Crippen LogP) is 2.55. The van der Waals surface area contributed by atoms with Crippen LogP contribution in [0.3, 0.4) is 0 Å². The third-order valence-electron chi connectivity index (χ3n) is 2.43. The second-order valence-electron chi connectivity index (χ2n) is 3.82. The smallest absolute Gasteiger partial charge is 0.223 e. The van der Waals surface area contributed by atoms with E-state index >= 15 is 0 Å². The van der Waals surface area contributed by atoms with Crippen LogP contribution >= 0.6 is 0 Å². The molecule has 2 aromatic rings. The maximum atomic E-state index is 11.4. The second kappa shape index (κ2) is 5.44. The number of carbonyl (C=O) groups is 1. The first kappa shape index (κ1) is 12.3. The molecule has 5 heteroatoms. The Kier molecular flexibility index (Phi) is 3.72. The van der Waals surface area contributed by atoms with Crippen LogP contribution in [0.25, 0.3) is 0 Å². The van der Waals surface area contributed by atoms with Crippen molar-refractivity contribution in [3.8, 4) is 5.75 Å². The number of hydrogen-bond donors (Lipinski definition) is 0. The van der Waals surface area contributed by atoms with Gasteiger partial charge in [-0.1, -0.05) is 12.1 Å². The summed E-state index contributed by atoms with van der Waals surface area (Å²) in [4.78, 5) is 15.5. The van der Waals surface area contributed by atoms with E-state index in [0.29, 0.717) is 29.4 Å². The van der Waals surface area contributed by atoms with Crippen LogP contribution in [0.15, 0.2) is 28.8 Å². The second-order valence-corrected chi connectivity index (χ2v) is 3.82. The lowest BCUT2D eigenvalue weighted by atomic mass is 10.1. The van der Waals surface area contributed by atoms with Crippen LogP contribution < -0.4 is 4.74 Å². The maximum Gasteiger partial charge on any atom is 0.223 e. The van der Waals surface area contributed by atoms with Crippen LogP contribution in [-0.2, 0) is 6.61 Å². The molecule has 1 aromatic carbocycles. The van der Waals surface area contributed by atoms with Gasteiger partial charge in [0.25, 0.3) is 0 Å². The van der Waals surface area contributed by atoms with Crippen molar-refractivity contribution in [2.75, 3.05) is 0 Å². The van der Waals surface area contributed by atoms with Gasteiger partial charge in [-0.3, -0.25) is 4.79 Å². The Morgan fingerprint density at radius 1 is 1.33 bits per heavy atom. The van der Waals surface area contributed by atoms with Gasteiger partial charge in [0.15, 0.2) is 12.4 Å². The van der Waals surface area contributed by atoms with Gasteiger partial charge in [-0.2, -0.15) is 4.98 Å². The largest absolute Gasteiger partial charge is 0.485 e. The number of Topliss-reactive ketones (excluding diaryl/α,β-unsaturated/α-hetero) is 1. The van der Waals surface area contributed by atoms with Crippen molar-refractivity contribution in [1.29, 1.82) is 0 Å². The number of ether oxygens (including phenoxy) is 1. The fourth-order valence-electron chi connectivity index (χ4n) is 1.49. The molecule has 94 valence electrons. The van der Waals surface area contributed by atoms with Gasteiger partial charge in [0.2, 0.25) is 11.7 Å². The molecule has 1 heterocycles. The molecule has 0 amide bonds. The lowest BCUT2D eigenvalue weighted by molar-refractivity contribution is 0.0988. The third-order valence-corrected chi connectivity index (χ3v) is 2.43. The van der Waals surface area contributed by atoms with Crippen molar-refractivity contribution in [2.45, 2.75) is 26.9 Å². The van der Waals surface area contributed by atoms with Crippen molar-refractivity contribution in [1.82, 2.24) is 10.1 Å². The van der Waals surface area contributed by atoms with E-state index in [1.165, 1.54) is 0 Å². The van der Waals surface area contributed by atoms with E-state index in [2.05, 4.69) is 10.1 Å². The van der Waals surface area contributed by atoms with Gasteiger partial charge in [0.1, 0.15) is 5.75 Å². The van der Waals surface area contributed by atoms with E-state index in [-0.39, 0.29) is 12.4 Å². The molecule has 0 bridgehead atoms. The molecule has 1 aromatic heterocycles. The highest BCUT2D eigenvalue weighted by atomic mass is 16.5. The number of hydrogen-bond acceptors (Lipinski definition) is 5. The Hall–Kier alpha value is -2.17. The topological polar surface area (TPSA) is 65.2 Å². The fourth-order valence-corrected chi connectivity index (χ4v) is 1.49. The van der Waals surface area contributed by atoms with Gasteiger partial charge in [-0.25, -0.2) is 0 Å². The number of benzene rings is 1. The molecule has 0 aliphatic carbocycles. The van der Waals surface area contributed by atoms with Gasteiger partial charge < -0.3 is 9.26 Å². The van der Waals surface area contributed by atoms with Crippen LogP contribution in [0.2, 0.25) is 0 Å². The molecule has 0 saturated carbocycles. The summed E-state index contributed by atoms with van der Waals surface area (Å²) < 4.78 is 10.3. The zero-order chi connectivity index (χ0) is 13.0. The number of aromatic nitrogens is 2. The molecule has 0 aliphatic heterocycles. The molecule has 5 nitrogen and oxygen atoms in total. The quantitative estimate of drug-likeness (QED) is 0.758. The Bertz CT molecular complexity index is 531. The summed E-state index contributed by atoms with van der Waals surface area (Å²) >= 11 is 0. The van der Waals surface area contributed by atoms with E-state index in [4.69, 9.17) is 9.26 Å². The van der Waals surface area contributed by atoms with Gasteiger partial charge in [0, 0.05) is 18.9 Å². The van der Waals surface area contributed by atoms with E-state index in [1.54, 1.807) is 31.2 Å². The summed E-state index contributed by atoms with van der Waals surface area (Å²) in [6.45, 7) is 3.81. The Morgan fingerprint density at radius 2 is 2.06 bits per heavy atom. The first-order valence-corrected chi connectivity index (χ1v) is 5.74. The first-order chi connectivity index (χ1) is 8.69. The predicted molar refractivity (Wildman–Crippen MR) is 64.4 cm³/mol. The summed E-state index contributed by atoms with van der Waals surface area (Å²) in [6.07, 6.45) is 0.502. The average Bonchev–Trinajstić information content (AvgIpc) is 2.82. The molecule has 0 spiro atoms. The third kappa shape index (κ3) is 2.94. The molecule has 0 aliphatic rings. The van der Waals surface area contributed by atoms with Crippen molar-refractivity contribution >= 4 is 5.78 Å². The molecular weight excluding hydrogens is 232 g/mol. The molecule has 0 N–H and O–H groups in total. The summed E-state index contributed by atoms with van der Waals surface area (Å²) in [6, 6.07) is 7.02. The lowest BCUT2D eigenvalue weighted by Crippen LogP contribution is -1.99. The first-order valence-electron chi connectivity index (χ1n) is 5.74. The normalized spacial score (nSPS) is 10.3. The Balaban J connectivity index is 1.96. The van der Waals surface area contributed by atoms with E-state index in [1.807, 2.05) is 6.92 Å². The molecule has 0 unspecified atom stereocenters. The minimum Gasteiger partial charge on any atom is -0.485 e. The molecule has 0 fully saturated rings.